The van der Waals surface area contributed by atoms with Crippen LogP contribution in [0.4, 0.5) is 0 Å². The van der Waals surface area contributed by atoms with E-state index in [1.54, 1.807) is 18.7 Å². The van der Waals surface area contributed by atoms with E-state index in [1.165, 1.54) is 0 Å². The monoisotopic (exact) mass is 290 g/mol. The highest BCUT2D eigenvalue weighted by Gasteiger charge is 2.16. The third-order valence-corrected chi connectivity index (χ3v) is 4.45. The van der Waals surface area contributed by atoms with Gasteiger partial charge >= 0.3 is 0 Å². The largest absolute Gasteiger partial charge is 0.298 e. The predicted molar refractivity (Wildman–Crippen MR) is 67.8 cm³/mol. The van der Waals surface area contributed by atoms with Crippen LogP contribution in [0.2, 0.25) is 0 Å². The van der Waals surface area contributed by atoms with Crippen molar-refractivity contribution >= 4 is 46.1 Å². The Morgan fingerprint density at radius 3 is 2.71 bits per heavy atom. The van der Waals surface area contributed by atoms with Crippen LogP contribution in [-0.4, -0.2) is 12.0 Å². The van der Waals surface area contributed by atoms with Gasteiger partial charge in [0, 0.05) is 9.79 Å². The highest BCUT2D eigenvalue weighted by atomic mass is 79.9. The van der Waals surface area contributed by atoms with Crippen molar-refractivity contribution in [1.29, 1.82) is 0 Å². The molecule has 1 nitrogen and oxygen atoms in total. The number of halogens is 1. The lowest BCUT2D eigenvalue weighted by Gasteiger charge is -2.11. The predicted octanol–water partition coefficient (Wildman–Crippen LogP) is 3.72. The topological polar surface area (TPSA) is 17.1 Å². The summed E-state index contributed by atoms with van der Waals surface area (Å²) in [5, 5.41) is 0. The Morgan fingerprint density at radius 2 is 2.21 bits per heavy atom. The molecule has 0 N–H and O–H groups in total. The molecule has 1 aromatic carbocycles. The normalized spacial score (nSPS) is 12.6. The first-order valence-corrected chi connectivity index (χ1v) is 6.67. The Bertz CT molecular complexity index is 352. The molecule has 0 saturated heterocycles. The number of rotatable bonds is 3. The van der Waals surface area contributed by atoms with Crippen molar-refractivity contribution in [3.8, 4) is 0 Å². The van der Waals surface area contributed by atoms with Crippen molar-refractivity contribution in [3.05, 3.63) is 23.8 Å². The maximum absolute atomic E-state index is 11.2. The molecule has 4 heteroatoms. The summed E-state index contributed by atoms with van der Waals surface area (Å²) in [7, 11) is 0. The number of carbonyl (C=O) groups excluding carboxylic acids is 1. The maximum atomic E-state index is 11.2. The van der Waals surface area contributed by atoms with Crippen molar-refractivity contribution in [2.75, 3.05) is 6.26 Å². The number of benzene rings is 1. The van der Waals surface area contributed by atoms with Crippen molar-refractivity contribution in [3.63, 3.8) is 0 Å². The standard InChI is InChI=1S/C10H11BrOS2/c1-6(12)9(11)7-4-3-5-8(14-2)10(7)13/h3-5,9,13H,1-2H3. The van der Waals surface area contributed by atoms with E-state index >= 15 is 0 Å². The van der Waals surface area contributed by atoms with Crippen LogP contribution in [0.5, 0.6) is 0 Å². The average Bonchev–Trinajstić information content (AvgIpc) is 2.17. The smallest absolute Gasteiger partial charge is 0.147 e. The molecular weight excluding hydrogens is 280 g/mol. The van der Waals surface area contributed by atoms with Gasteiger partial charge in [-0.05, 0) is 24.8 Å². The molecule has 0 radical (unpaired) electrons. The van der Waals surface area contributed by atoms with Crippen LogP contribution in [0.3, 0.4) is 0 Å². The lowest BCUT2D eigenvalue weighted by molar-refractivity contribution is -0.116. The third-order valence-electron chi connectivity index (χ3n) is 1.88. The summed E-state index contributed by atoms with van der Waals surface area (Å²) in [5.74, 6) is 0.0959. The molecule has 0 saturated carbocycles. The quantitative estimate of drug-likeness (QED) is 0.519. The molecule has 0 fully saturated rings. The molecule has 0 aliphatic heterocycles. The molecule has 0 aliphatic rings. The van der Waals surface area contributed by atoms with Crippen LogP contribution < -0.4 is 0 Å². The lowest BCUT2D eigenvalue weighted by atomic mass is 10.1. The second-order valence-corrected chi connectivity index (χ2v) is 5.08. The summed E-state index contributed by atoms with van der Waals surface area (Å²) in [6.07, 6.45) is 2.00. The second kappa shape index (κ2) is 5.24. The van der Waals surface area contributed by atoms with Gasteiger partial charge in [0.05, 0.1) is 4.83 Å². The minimum atomic E-state index is -0.248. The fourth-order valence-corrected chi connectivity index (χ4v) is 2.76. The minimum absolute atomic E-state index is 0.0959. The van der Waals surface area contributed by atoms with Crippen LogP contribution in [-0.2, 0) is 4.79 Å². The molecule has 1 atom stereocenters. The summed E-state index contributed by atoms with van der Waals surface area (Å²) in [6.45, 7) is 1.57. The highest BCUT2D eigenvalue weighted by molar-refractivity contribution is 9.09. The molecule has 1 rings (SSSR count). The van der Waals surface area contributed by atoms with Gasteiger partial charge in [-0.25, -0.2) is 0 Å². The Hall–Kier alpha value is 0.0700. The van der Waals surface area contributed by atoms with Crippen LogP contribution in [0, 0.1) is 0 Å². The molecule has 0 aliphatic carbocycles. The summed E-state index contributed by atoms with van der Waals surface area (Å²) < 4.78 is 0. The van der Waals surface area contributed by atoms with Gasteiger partial charge < -0.3 is 0 Å². The van der Waals surface area contributed by atoms with Crippen molar-refractivity contribution in [1.82, 2.24) is 0 Å². The molecule has 1 aromatic rings. The minimum Gasteiger partial charge on any atom is -0.298 e. The van der Waals surface area contributed by atoms with Gasteiger partial charge in [-0.2, -0.15) is 0 Å². The number of carbonyl (C=O) groups is 1. The summed E-state index contributed by atoms with van der Waals surface area (Å²) in [4.78, 5) is 12.9. The maximum Gasteiger partial charge on any atom is 0.147 e. The Labute approximate surface area is 102 Å². The Balaban J connectivity index is 3.15. The molecule has 0 heterocycles. The van der Waals surface area contributed by atoms with Crippen molar-refractivity contribution < 1.29 is 4.79 Å². The number of Topliss-reactive ketones (excluding diaryl/α,β-unsaturated/α-hetero) is 1. The fraction of sp³-hybridized carbons (Fsp3) is 0.300. The van der Waals surface area contributed by atoms with E-state index in [9.17, 15) is 4.79 Å². The van der Waals surface area contributed by atoms with Crippen LogP contribution >= 0.6 is 40.3 Å². The number of alkyl halides is 1. The average molecular weight is 291 g/mol. The highest BCUT2D eigenvalue weighted by Crippen LogP contribution is 2.34. The summed E-state index contributed by atoms with van der Waals surface area (Å²) in [5.41, 5.74) is 0.938. The van der Waals surface area contributed by atoms with E-state index in [4.69, 9.17) is 0 Å². The van der Waals surface area contributed by atoms with E-state index in [0.717, 1.165) is 15.4 Å². The molecule has 14 heavy (non-hydrogen) atoms. The van der Waals surface area contributed by atoms with Gasteiger partial charge in [0.1, 0.15) is 5.78 Å². The van der Waals surface area contributed by atoms with Crippen molar-refractivity contribution in [2.24, 2.45) is 0 Å². The number of thioether (sulfide) groups is 1. The number of ketones is 1. The number of hydrogen-bond donors (Lipinski definition) is 1. The molecule has 0 amide bonds. The zero-order chi connectivity index (χ0) is 10.7. The zero-order valence-electron chi connectivity index (χ0n) is 7.95. The van der Waals surface area contributed by atoms with E-state index in [-0.39, 0.29) is 10.6 Å². The Morgan fingerprint density at radius 1 is 1.57 bits per heavy atom. The van der Waals surface area contributed by atoms with E-state index in [0.29, 0.717) is 0 Å². The Kier molecular flexibility index (Phi) is 4.54. The van der Waals surface area contributed by atoms with Crippen LogP contribution in [0.15, 0.2) is 28.0 Å². The third kappa shape index (κ3) is 2.55. The van der Waals surface area contributed by atoms with Gasteiger partial charge in [-0.15, -0.1) is 24.4 Å². The molecule has 76 valence electrons. The van der Waals surface area contributed by atoms with Crippen LogP contribution in [0.1, 0.15) is 17.3 Å². The first-order chi connectivity index (χ1) is 6.57. The molecule has 1 unspecified atom stereocenters. The molecule has 0 aromatic heterocycles. The van der Waals surface area contributed by atoms with Gasteiger partial charge in [0.15, 0.2) is 0 Å². The van der Waals surface area contributed by atoms with E-state index in [2.05, 4.69) is 28.6 Å². The van der Waals surface area contributed by atoms with Crippen LogP contribution in [0.25, 0.3) is 0 Å². The molecular formula is C10H11BrOS2. The first-order valence-electron chi connectivity index (χ1n) is 4.08. The van der Waals surface area contributed by atoms with Gasteiger partial charge in [0.25, 0.3) is 0 Å². The van der Waals surface area contributed by atoms with E-state index in [1.807, 2.05) is 24.5 Å². The lowest BCUT2D eigenvalue weighted by Crippen LogP contribution is -2.02. The molecule has 0 spiro atoms. The van der Waals surface area contributed by atoms with Gasteiger partial charge in [-0.1, -0.05) is 28.1 Å². The van der Waals surface area contributed by atoms with Gasteiger partial charge in [-0.3, -0.25) is 4.79 Å². The summed E-state index contributed by atoms with van der Waals surface area (Å²) in [6, 6.07) is 5.86. The molecule has 0 bridgehead atoms. The summed E-state index contributed by atoms with van der Waals surface area (Å²) >= 11 is 9.41. The van der Waals surface area contributed by atoms with Crippen molar-refractivity contribution in [2.45, 2.75) is 21.5 Å². The fourth-order valence-electron chi connectivity index (χ4n) is 1.13. The van der Waals surface area contributed by atoms with E-state index < -0.39 is 0 Å². The number of hydrogen-bond acceptors (Lipinski definition) is 3. The van der Waals surface area contributed by atoms with Gasteiger partial charge in [0.2, 0.25) is 0 Å². The SMILES string of the molecule is CSc1cccc(C(Br)C(C)=O)c1S. The second-order valence-electron chi connectivity index (χ2n) is 2.87. The first kappa shape index (κ1) is 12.1. The zero-order valence-corrected chi connectivity index (χ0v) is 11.2. The number of thiol groups is 1.